The average molecular weight is 197 g/mol. The Labute approximate surface area is 85.0 Å². The summed E-state index contributed by atoms with van der Waals surface area (Å²) in [6.45, 7) is 4.74. The van der Waals surface area contributed by atoms with Gasteiger partial charge in [0.25, 0.3) is 0 Å². The molecule has 1 aromatic rings. The number of hydrogen-bond acceptors (Lipinski definition) is 3. The lowest BCUT2D eigenvalue weighted by Gasteiger charge is -2.13. The third-order valence-electron chi connectivity index (χ3n) is 2.10. The van der Waals surface area contributed by atoms with Gasteiger partial charge in [-0.1, -0.05) is 13.8 Å². The van der Waals surface area contributed by atoms with Crippen LogP contribution in [0.1, 0.15) is 19.7 Å². The van der Waals surface area contributed by atoms with Crippen molar-refractivity contribution in [2.24, 2.45) is 7.05 Å². The van der Waals surface area contributed by atoms with E-state index in [1.54, 1.807) is 6.20 Å². The molecule has 14 heavy (non-hydrogen) atoms. The van der Waals surface area contributed by atoms with Crippen molar-refractivity contribution < 1.29 is 5.11 Å². The van der Waals surface area contributed by atoms with Crippen LogP contribution in [0.2, 0.25) is 0 Å². The van der Waals surface area contributed by atoms with Gasteiger partial charge in [-0.15, -0.1) is 0 Å². The maximum Gasteiger partial charge on any atom is 0.111 e. The minimum absolute atomic E-state index is 0.363. The van der Waals surface area contributed by atoms with Gasteiger partial charge >= 0.3 is 0 Å². The Morgan fingerprint density at radius 2 is 2.29 bits per heavy atom. The summed E-state index contributed by atoms with van der Waals surface area (Å²) in [5.74, 6) is 0.919. The highest BCUT2D eigenvalue weighted by Crippen LogP contribution is 1.99. The van der Waals surface area contributed by atoms with Gasteiger partial charge in [0, 0.05) is 38.4 Å². The van der Waals surface area contributed by atoms with Crippen molar-refractivity contribution in [1.29, 1.82) is 0 Å². The van der Waals surface area contributed by atoms with Gasteiger partial charge in [-0.2, -0.15) is 0 Å². The van der Waals surface area contributed by atoms with Crippen LogP contribution in [0.3, 0.4) is 0 Å². The van der Waals surface area contributed by atoms with Gasteiger partial charge < -0.3 is 15.0 Å². The topological polar surface area (TPSA) is 50.1 Å². The highest BCUT2D eigenvalue weighted by molar-refractivity contribution is 4.93. The Balaban J connectivity index is 2.34. The molecule has 2 N–H and O–H groups in total. The first kappa shape index (κ1) is 11.2. The van der Waals surface area contributed by atoms with Crippen molar-refractivity contribution >= 4 is 0 Å². The number of aryl methyl sites for hydroxylation is 1. The summed E-state index contributed by atoms with van der Waals surface area (Å²) in [4.78, 5) is 4.16. The second-order valence-corrected chi connectivity index (χ2v) is 3.88. The van der Waals surface area contributed by atoms with Crippen molar-refractivity contribution in [3.63, 3.8) is 0 Å². The number of rotatable bonds is 5. The van der Waals surface area contributed by atoms with Crippen molar-refractivity contribution in [2.45, 2.75) is 32.4 Å². The minimum Gasteiger partial charge on any atom is -0.391 e. The second-order valence-electron chi connectivity index (χ2n) is 3.88. The van der Waals surface area contributed by atoms with Crippen LogP contribution >= 0.6 is 0 Å². The van der Waals surface area contributed by atoms with Crippen molar-refractivity contribution in [1.82, 2.24) is 14.9 Å². The van der Waals surface area contributed by atoms with Crippen LogP contribution in [0, 0.1) is 0 Å². The van der Waals surface area contributed by atoms with Crippen LogP contribution < -0.4 is 5.32 Å². The molecule has 1 atom stereocenters. The summed E-state index contributed by atoms with van der Waals surface area (Å²) in [6, 6.07) is 0.408. The van der Waals surface area contributed by atoms with Crippen molar-refractivity contribution in [3.8, 4) is 0 Å². The highest BCUT2D eigenvalue weighted by atomic mass is 16.3. The predicted molar refractivity (Wildman–Crippen MR) is 56.1 cm³/mol. The van der Waals surface area contributed by atoms with Gasteiger partial charge in [0.15, 0.2) is 0 Å². The number of aliphatic hydroxyl groups is 1. The summed E-state index contributed by atoms with van der Waals surface area (Å²) in [5.41, 5.74) is 0. The van der Waals surface area contributed by atoms with E-state index in [1.807, 2.05) is 17.8 Å². The third-order valence-corrected chi connectivity index (χ3v) is 2.10. The van der Waals surface area contributed by atoms with Gasteiger partial charge in [0.2, 0.25) is 0 Å². The van der Waals surface area contributed by atoms with E-state index in [9.17, 15) is 5.11 Å². The van der Waals surface area contributed by atoms with Gasteiger partial charge in [0.05, 0.1) is 6.10 Å². The fourth-order valence-electron chi connectivity index (χ4n) is 1.25. The Bertz CT molecular complexity index is 270. The molecule has 1 unspecified atom stereocenters. The normalized spacial score (nSPS) is 13.5. The van der Waals surface area contributed by atoms with Crippen molar-refractivity contribution in [2.75, 3.05) is 6.54 Å². The Hall–Kier alpha value is -0.870. The van der Waals surface area contributed by atoms with Gasteiger partial charge in [-0.25, -0.2) is 4.98 Å². The quantitative estimate of drug-likeness (QED) is 0.715. The summed E-state index contributed by atoms with van der Waals surface area (Å²) < 4.78 is 1.93. The molecule has 0 aliphatic carbocycles. The second kappa shape index (κ2) is 5.12. The molecule has 0 spiro atoms. The van der Waals surface area contributed by atoms with Crippen LogP contribution in [0.4, 0.5) is 0 Å². The maximum atomic E-state index is 9.68. The van der Waals surface area contributed by atoms with E-state index in [2.05, 4.69) is 24.1 Å². The number of imidazole rings is 1. The third kappa shape index (κ3) is 3.47. The van der Waals surface area contributed by atoms with Crippen LogP contribution in [-0.4, -0.2) is 33.3 Å². The van der Waals surface area contributed by atoms with Gasteiger partial charge in [-0.3, -0.25) is 0 Å². The van der Waals surface area contributed by atoms with Gasteiger partial charge in [-0.05, 0) is 0 Å². The van der Waals surface area contributed by atoms with Crippen LogP contribution in [0.25, 0.3) is 0 Å². The van der Waals surface area contributed by atoms with E-state index in [-0.39, 0.29) is 6.10 Å². The molecule has 0 amide bonds. The largest absolute Gasteiger partial charge is 0.391 e. The molecule has 0 aliphatic heterocycles. The molecule has 0 saturated heterocycles. The molecule has 0 aromatic carbocycles. The summed E-state index contributed by atoms with van der Waals surface area (Å²) >= 11 is 0. The molecule has 0 fully saturated rings. The predicted octanol–water partition coefficient (Wildman–Crippen LogP) is 0.321. The molecular weight excluding hydrogens is 178 g/mol. The molecule has 4 nitrogen and oxygen atoms in total. The summed E-state index contributed by atoms with van der Waals surface area (Å²) in [7, 11) is 1.94. The number of aliphatic hydroxyl groups excluding tert-OH is 1. The monoisotopic (exact) mass is 197 g/mol. The summed E-state index contributed by atoms with van der Waals surface area (Å²) in [6.07, 6.45) is 3.87. The number of nitrogens with one attached hydrogen (secondary N) is 1. The SMILES string of the molecule is CC(C)NCC(O)Cc1nccn1C. The lowest BCUT2D eigenvalue weighted by atomic mass is 10.2. The number of hydrogen-bond donors (Lipinski definition) is 2. The van der Waals surface area contributed by atoms with Gasteiger partial charge in [0.1, 0.15) is 5.82 Å². The zero-order valence-electron chi connectivity index (χ0n) is 9.07. The Morgan fingerprint density at radius 3 is 2.79 bits per heavy atom. The first-order valence-electron chi connectivity index (χ1n) is 4.97. The zero-order valence-corrected chi connectivity index (χ0v) is 9.07. The Morgan fingerprint density at radius 1 is 1.57 bits per heavy atom. The fourth-order valence-corrected chi connectivity index (χ4v) is 1.25. The van der Waals surface area contributed by atoms with Crippen LogP contribution in [0.5, 0.6) is 0 Å². The standard InChI is InChI=1S/C10H19N3O/c1-8(2)12-7-9(14)6-10-11-4-5-13(10)3/h4-5,8-9,12,14H,6-7H2,1-3H3. The van der Waals surface area contributed by atoms with Crippen molar-refractivity contribution in [3.05, 3.63) is 18.2 Å². The molecule has 0 saturated carbocycles. The number of nitrogens with zero attached hydrogens (tertiary/aromatic N) is 2. The smallest absolute Gasteiger partial charge is 0.111 e. The molecule has 1 rings (SSSR count). The lowest BCUT2D eigenvalue weighted by Crippen LogP contribution is -2.33. The van der Waals surface area contributed by atoms with Crippen LogP contribution in [-0.2, 0) is 13.5 Å². The van der Waals surface area contributed by atoms with Crippen LogP contribution in [0.15, 0.2) is 12.4 Å². The molecule has 1 heterocycles. The zero-order chi connectivity index (χ0) is 10.6. The first-order valence-corrected chi connectivity index (χ1v) is 4.97. The fraction of sp³-hybridized carbons (Fsp3) is 0.700. The molecule has 1 aromatic heterocycles. The minimum atomic E-state index is -0.363. The van der Waals surface area contributed by atoms with E-state index < -0.39 is 0 Å². The first-order chi connectivity index (χ1) is 6.59. The van der Waals surface area contributed by atoms with E-state index in [0.717, 1.165) is 5.82 Å². The molecular formula is C10H19N3O. The number of aromatic nitrogens is 2. The molecule has 0 aliphatic rings. The highest BCUT2D eigenvalue weighted by Gasteiger charge is 2.08. The van der Waals surface area contributed by atoms with E-state index in [0.29, 0.717) is 19.0 Å². The van der Waals surface area contributed by atoms with E-state index in [4.69, 9.17) is 0 Å². The summed E-state index contributed by atoms with van der Waals surface area (Å²) in [5, 5.41) is 12.9. The molecule has 0 bridgehead atoms. The Kier molecular flexibility index (Phi) is 4.10. The maximum absolute atomic E-state index is 9.68. The molecule has 0 radical (unpaired) electrons. The molecule has 4 heteroatoms. The molecule has 80 valence electrons. The van der Waals surface area contributed by atoms with E-state index >= 15 is 0 Å². The average Bonchev–Trinajstić information content (AvgIpc) is 2.49. The lowest BCUT2D eigenvalue weighted by molar-refractivity contribution is 0.165. The van der Waals surface area contributed by atoms with E-state index in [1.165, 1.54) is 0 Å².